The molecule has 0 N–H and O–H groups in total. The second kappa shape index (κ2) is 14.8. The molecule has 1 unspecified atom stereocenters. The van der Waals surface area contributed by atoms with Crippen molar-refractivity contribution in [3.63, 3.8) is 0 Å². The summed E-state index contributed by atoms with van der Waals surface area (Å²) in [6.07, 6.45) is 7.77. The summed E-state index contributed by atoms with van der Waals surface area (Å²) in [4.78, 5) is 4.80. The Kier molecular flexibility index (Phi) is 8.93. The van der Waals surface area contributed by atoms with Gasteiger partial charge in [-0.15, -0.1) is 0 Å². The first-order valence-electron chi connectivity index (χ1n) is 19.9. The number of rotatable bonds is 8. The van der Waals surface area contributed by atoms with Crippen molar-refractivity contribution < 1.29 is 0 Å². The quantitative estimate of drug-likeness (QED) is 0.144. The third kappa shape index (κ3) is 6.88. The van der Waals surface area contributed by atoms with Gasteiger partial charge in [0.1, 0.15) is 0 Å². The second-order valence-electron chi connectivity index (χ2n) is 15.2. The van der Waals surface area contributed by atoms with Crippen molar-refractivity contribution in [2.45, 2.75) is 19.3 Å². The largest absolute Gasteiger partial charge is 0.314 e. The number of hydrogen-bond donors (Lipinski definition) is 0. The van der Waals surface area contributed by atoms with Gasteiger partial charge < -0.3 is 9.80 Å². The second-order valence-corrected chi connectivity index (χ2v) is 15.2. The van der Waals surface area contributed by atoms with Crippen LogP contribution in [0.3, 0.4) is 0 Å². The van der Waals surface area contributed by atoms with E-state index in [0.717, 1.165) is 40.3 Å². The van der Waals surface area contributed by atoms with Crippen molar-refractivity contribution in [1.29, 1.82) is 0 Å². The Balaban J connectivity index is 0.951. The van der Waals surface area contributed by atoms with E-state index < -0.39 is 0 Å². The van der Waals surface area contributed by atoms with E-state index in [9.17, 15) is 0 Å². The molecule has 0 heterocycles. The van der Waals surface area contributed by atoms with Crippen molar-refractivity contribution in [2.75, 3.05) is 9.80 Å². The number of hydrogen-bond acceptors (Lipinski definition) is 2. The molecule has 10 rings (SSSR count). The lowest BCUT2D eigenvalue weighted by Crippen LogP contribution is -2.20. The van der Waals surface area contributed by atoms with Crippen molar-refractivity contribution >= 4 is 79.0 Å². The average molecular weight is 731 g/mol. The van der Waals surface area contributed by atoms with Crippen LogP contribution in [-0.2, 0) is 0 Å². The highest BCUT2D eigenvalue weighted by Crippen LogP contribution is 2.42. The van der Waals surface area contributed by atoms with Crippen LogP contribution in [0.5, 0.6) is 0 Å². The third-order valence-corrected chi connectivity index (χ3v) is 11.4. The highest BCUT2D eigenvalue weighted by Gasteiger charge is 2.23. The lowest BCUT2D eigenvalue weighted by molar-refractivity contribution is 0.730. The van der Waals surface area contributed by atoms with Crippen LogP contribution in [0.15, 0.2) is 206 Å². The molecule has 1 aliphatic carbocycles. The minimum Gasteiger partial charge on any atom is -0.314 e. The van der Waals surface area contributed by atoms with Crippen LogP contribution in [-0.4, -0.2) is 0 Å². The Morgan fingerprint density at radius 2 is 0.772 bits per heavy atom. The van der Waals surface area contributed by atoms with Crippen LogP contribution in [0.4, 0.5) is 28.4 Å². The van der Waals surface area contributed by atoms with E-state index in [1.165, 1.54) is 54.8 Å². The third-order valence-electron chi connectivity index (χ3n) is 11.4. The summed E-state index contributed by atoms with van der Waals surface area (Å²) in [5.74, 6) is 0.435. The summed E-state index contributed by atoms with van der Waals surface area (Å²) in [7, 11) is 0. The molecule has 1 atom stereocenters. The molecular formula is C55H42N2. The molecule has 2 nitrogen and oxygen atoms in total. The molecule has 0 aliphatic heterocycles. The molecule has 0 fully saturated rings. The molecule has 1 aliphatic rings. The van der Waals surface area contributed by atoms with E-state index in [0.29, 0.717) is 5.92 Å². The first-order chi connectivity index (χ1) is 28.1. The molecule has 57 heavy (non-hydrogen) atoms. The number of nitrogens with zero attached hydrogens (tertiary/aromatic N) is 2. The Morgan fingerprint density at radius 3 is 1.26 bits per heavy atom. The van der Waals surface area contributed by atoms with E-state index in [1.807, 2.05) is 0 Å². The zero-order chi connectivity index (χ0) is 38.1. The Morgan fingerprint density at radius 1 is 0.386 bits per heavy atom. The summed E-state index contributed by atoms with van der Waals surface area (Å²) in [6.45, 7) is 2.34. The molecule has 0 radical (unpaired) electrons. The molecule has 0 spiro atoms. The normalized spacial score (nSPS) is 13.8. The van der Waals surface area contributed by atoms with Crippen LogP contribution in [0, 0.1) is 0 Å². The maximum absolute atomic E-state index is 2.45. The minimum absolute atomic E-state index is 0.435. The van der Waals surface area contributed by atoms with Gasteiger partial charge in [0.15, 0.2) is 0 Å². The summed E-state index contributed by atoms with van der Waals surface area (Å²) in [6, 6.07) is 72.7. The van der Waals surface area contributed by atoms with Crippen LogP contribution in [0.1, 0.15) is 41.5 Å². The molecule has 9 aromatic rings. The predicted octanol–water partition coefficient (Wildman–Crippen LogP) is 15.5. The zero-order valence-electron chi connectivity index (χ0n) is 32.0. The van der Waals surface area contributed by atoms with Crippen LogP contribution < -0.4 is 9.80 Å². The summed E-state index contributed by atoms with van der Waals surface area (Å²) in [5, 5.41) is 7.42. The van der Waals surface area contributed by atoms with Crippen LogP contribution >= 0.6 is 0 Å². The van der Waals surface area contributed by atoms with Gasteiger partial charge in [0.05, 0.1) is 0 Å². The van der Waals surface area contributed by atoms with Gasteiger partial charge in [-0.1, -0.05) is 159 Å². The average Bonchev–Trinajstić information content (AvgIpc) is 3.27. The van der Waals surface area contributed by atoms with Gasteiger partial charge in [-0.3, -0.25) is 0 Å². The number of anilines is 5. The molecule has 0 saturated carbocycles. The van der Waals surface area contributed by atoms with Gasteiger partial charge in [-0.05, 0) is 134 Å². The fraction of sp³-hybridized carbons (Fsp3) is 0.0545. The summed E-state index contributed by atoms with van der Waals surface area (Å²) >= 11 is 0. The van der Waals surface area contributed by atoms with Gasteiger partial charge in [0.25, 0.3) is 0 Å². The minimum atomic E-state index is 0.435. The van der Waals surface area contributed by atoms with Gasteiger partial charge in [0.2, 0.25) is 0 Å². The van der Waals surface area contributed by atoms with Crippen molar-refractivity contribution in [3.8, 4) is 0 Å². The first-order valence-corrected chi connectivity index (χ1v) is 19.9. The van der Waals surface area contributed by atoms with Crippen molar-refractivity contribution in [2.24, 2.45) is 0 Å². The Hall–Kier alpha value is -7.16. The number of fused-ring (bicyclic) bond motifs is 4. The lowest BCUT2D eigenvalue weighted by atomic mass is 9.86. The fourth-order valence-electron chi connectivity index (χ4n) is 8.45. The highest BCUT2D eigenvalue weighted by molar-refractivity contribution is 5.93. The Bertz CT molecular complexity index is 2870. The molecule has 0 saturated heterocycles. The van der Waals surface area contributed by atoms with Crippen LogP contribution in [0.2, 0.25) is 0 Å². The van der Waals surface area contributed by atoms with E-state index in [-0.39, 0.29) is 0 Å². The summed E-state index contributed by atoms with van der Waals surface area (Å²) < 4.78 is 0. The maximum Gasteiger partial charge on any atom is 0.0468 e. The van der Waals surface area contributed by atoms with Gasteiger partial charge >= 0.3 is 0 Å². The molecule has 272 valence electrons. The van der Waals surface area contributed by atoms with E-state index >= 15 is 0 Å². The van der Waals surface area contributed by atoms with Gasteiger partial charge in [0, 0.05) is 34.1 Å². The first kappa shape index (κ1) is 34.3. The van der Waals surface area contributed by atoms with Crippen LogP contribution in [0.25, 0.3) is 50.5 Å². The van der Waals surface area contributed by atoms with E-state index in [1.54, 1.807) is 0 Å². The van der Waals surface area contributed by atoms with Crippen molar-refractivity contribution in [1.82, 2.24) is 0 Å². The number of benzene rings is 9. The van der Waals surface area contributed by atoms with Gasteiger partial charge in [-0.2, -0.15) is 0 Å². The topological polar surface area (TPSA) is 6.48 Å². The molecule has 2 heteroatoms. The maximum atomic E-state index is 2.45. The number of allylic oxidation sites excluding steroid dienone is 1. The predicted molar refractivity (Wildman–Crippen MR) is 245 cm³/mol. The standard InChI is InChI=1S/C55H42N2/c1-39-34-54(38-48-16-8-9-17-55(39)48)57(53-33-26-44-12-4-7-15-47(44)37-53)50-29-22-41(23-30-50)19-18-40-20-27-49(28-21-40)56(51-31-24-42-10-2-5-13-45(42)35-51)52-32-25-43-11-3-6-14-46(43)36-52/h2-33,35-39H,34H2,1H3. The SMILES string of the molecule is CC1CC(N(c2ccc(C=Cc3ccc(N(c4ccc5ccccc5c4)c4ccc5ccccc5c4)cc3)cc2)c2ccc3ccccc3c2)=Cc2ccccc21. The molecule has 9 aromatic carbocycles. The van der Waals surface area contributed by atoms with Crippen molar-refractivity contribution in [3.05, 3.63) is 228 Å². The van der Waals surface area contributed by atoms with Gasteiger partial charge in [-0.25, -0.2) is 0 Å². The fourth-order valence-corrected chi connectivity index (χ4v) is 8.45. The molecule has 0 aromatic heterocycles. The molecule has 0 amide bonds. The molecule has 0 bridgehead atoms. The van der Waals surface area contributed by atoms with E-state index in [2.05, 4.69) is 235 Å². The van der Waals surface area contributed by atoms with E-state index in [4.69, 9.17) is 0 Å². The lowest BCUT2D eigenvalue weighted by Gasteiger charge is -2.33. The monoisotopic (exact) mass is 730 g/mol. The highest BCUT2D eigenvalue weighted by atomic mass is 15.2. The zero-order valence-corrected chi connectivity index (χ0v) is 32.0. The molecular weight excluding hydrogens is 689 g/mol. The smallest absolute Gasteiger partial charge is 0.0468 e. The summed E-state index contributed by atoms with van der Waals surface area (Å²) in [5.41, 5.74) is 12.1. The Labute approximate surface area is 334 Å².